The van der Waals surface area contributed by atoms with Crippen molar-refractivity contribution in [2.24, 2.45) is 0 Å². The first kappa shape index (κ1) is 39.2. The van der Waals surface area contributed by atoms with Gasteiger partial charge in [-0.25, -0.2) is 0 Å². The molecule has 10 N–H and O–H groups in total. The smallest absolute Gasteiger partial charge is 0.232 e. The van der Waals surface area contributed by atoms with E-state index in [2.05, 4.69) is 0 Å². The van der Waals surface area contributed by atoms with Crippen molar-refractivity contribution < 1.29 is 89.0 Å². The Morgan fingerprint density at radius 1 is 0.717 bits per heavy atom. The van der Waals surface area contributed by atoms with Crippen LogP contribution in [0.25, 0.3) is 5.57 Å². The van der Waals surface area contributed by atoms with E-state index < -0.39 is 110 Å². The summed E-state index contributed by atoms with van der Waals surface area (Å²) in [6, 6.07) is 8.87. The Morgan fingerprint density at radius 3 is 2.02 bits per heavy atom. The molecule has 18 nitrogen and oxygen atoms in total. The Morgan fingerprint density at radius 2 is 1.34 bits per heavy atom. The fourth-order valence-electron chi connectivity index (χ4n) is 6.81. The summed E-state index contributed by atoms with van der Waals surface area (Å²) in [5.74, 6) is -1.44. The fraction of sp³-hybridized carbons (Fsp3) is 0.571. The lowest BCUT2D eigenvalue weighted by Crippen LogP contribution is -2.63. The van der Waals surface area contributed by atoms with Gasteiger partial charge in [0.05, 0.1) is 31.5 Å². The minimum atomic E-state index is -1.90. The van der Waals surface area contributed by atoms with E-state index in [0.29, 0.717) is 16.9 Å². The largest absolute Gasteiger partial charge is 0.508 e. The number of phenols is 2. The summed E-state index contributed by atoms with van der Waals surface area (Å²) in [4.78, 5) is 13.9. The molecule has 0 aromatic heterocycles. The number of carbonyl (C=O) groups is 1. The molecule has 1 aliphatic carbocycles. The lowest BCUT2D eigenvalue weighted by atomic mass is 9.85. The van der Waals surface area contributed by atoms with E-state index in [1.165, 1.54) is 27.0 Å². The normalized spacial score (nSPS) is 39.1. The number of hydrogen-bond donors (Lipinski definition) is 10. The molecule has 2 aromatic carbocycles. The first-order valence-electron chi connectivity index (χ1n) is 16.9. The highest BCUT2D eigenvalue weighted by atomic mass is 16.7. The Balaban J connectivity index is 1.17. The number of rotatable bonds is 9. The highest BCUT2D eigenvalue weighted by Crippen LogP contribution is 2.41. The first-order chi connectivity index (χ1) is 25.1. The van der Waals surface area contributed by atoms with Crippen molar-refractivity contribution in [3.63, 3.8) is 0 Å². The van der Waals surface area contributed by atoms with Gasteiger partial charge in [0.2, 0.25) is 12.1 Å². The van der Waals surface area contributed by atoms with Gasteiger partial charge in [-0.3, -0.25) is 4.79 Å². The van der Waals surface area contributed by atoms with Gasteiger partial charge in [0, 0.05) is 18.1 Å². The number of fused-ring (bicyclic) bond motifs is 1. The molecule has 15 atom stereocenters. The molecule has 18 heteroatoms. The number of allylic oxidation sites excluding steroid dienone is 2. The summed E-state index contributed by atoms with van der Waals surface area (Å²) in [5.41, 5.74) is 0.900. The summed E-state index contributed by atoms with van der Waals surface area (Å²) in [5, 5.41) is 105. The van der Waals surface area contributed by atoms with Crippen LogP contribution in [0.5, 0.6) is 17.2 Å². The molecule has 292 valence electrons. The van der Waals surface area contributed by atoms with E-state index in [1.807, 2.05) is 0 Å². The summed E-state index contributed by atoms with van der Waals surface area (Å²) in [6.07, 6.45) is -23.3. The summed E-state index contributed by atoms with van der Waals surface area (Å²) in [7, 11) is 1.48. The number of phenolic OH excluding ortho intramolecular Hbond substituents is 2. The standard InChI is InChI=1S/C35H44O18/c1-12-22(38)25(41)28(44)34(49-12)52-31-13(2)50-33(30(46)27(31)43)48-11-20-23(39)26(42)29(45)35(51-20)53-32-18(14-4-6-17(47-3)7-5-14)9-15-8-16(36)10-19(37)21(15)24(32)40/h4-8,10,12-13,20,22-23,25-31,33-39,41-46H,9,11H2,1-3H3/t12-,13-,20+,22-,23+,25+,26-,27-,28+,29+,30+,31-,33+,34-,35-/m0/s1. The van der Waals surface area contributed by atoms with Crippen molar-refractivity contribution in [2.75, 3.05) is 13.7 Å². The number of ether oxygens (including phenoxy) is 7. The SMILES string of the molecule is COc1ccc(C2=C(O[C@@H]3O[C@H](CO[C@@H]4O[C@@H](C)[C@H](O[C@@H]5O[C@@H](C)[C@H](O)[C@@H](O)[C@H]5O)[C@@H](O)[C@H]4O)[C@@H](O)[C@H](O)[C@H]3O)C(=O)c3c(O)cc(O)cc3C2)cc1. The third-order valence-corrected chi connectivity index (χ3v) is 9.90. The molecule has 0 unspecified atom stereocenters. The van der Waals surface area contributed by atoms with E-state index in [1.54, 1.807) is 24.3 Å². The molecule has 6 rings (SSSR count). The zero-order chi connectivity index (χ0) is 38.5. The number of Topliss-reactive ketones (excluding diaryl/α,β-unsaturated/α-hetero) is 1. The minimum Gasteiger partial charge on any atom is -0.508 e. The van der Waals surface area contributed by atoms with E-state index >= 15 is 0 Å². The molecule has 0 radical (unpaired) electrons. The monoisotopic (exact) mass is 752 g/mol. The van der Waals surface area contributed by atoms with Gasteiger partial charge in [-0.2, -0.15) is 0 Å². The van der Waals surface area contributed by atoms with Crippen molar-refractivity contribution in [1.29, 1.82) is 0 Å². The van der Waals surface area contributed by atoms with Gasteiger partial charge in [-0.15, -0.1) is 0 Å². The van der Waals surface area contributed by atoms with Crippen molar-refractivity contribution >= 4 is 11.4 Å². The molecule has 53 heavy (non-hydrogen) atoms. The molecule has 0 amide bonds. The van der Waals surface area contributed by atoms with Crippen molar-refractivity contribution in [1.82, 2.24) is 0 Å². The molecule has 4 aliphatic rings. The van der Waals surface area contributed by atoms with Crippen molar-refractivity contribution in [3.05, 3.63) is 58.8 Å². The molecule has 3 heterocycles. The Hall–Kier alpha value is -3.47. The predicted octanol–water partition coefficient (Wildman–Crippen LogP) is -2.22. The maximum Gasteiger partial charge on any atom is 0.232 e. The fourth-order valence-corrected chi connectivity index (χ4v) is 6.81. The second-order valence-electron chi connectivity index (χ2n) is 13.5. The van der Waals surface area contributed by atoms with Crippen LogP contribution in [0.15, 0.2) is 42.2 Å². The molecule has 0 saturated carbocycles. The number of ketones is 1. The van der Waals surface area contributed by atoms with Gasteiger partial charge in [-0.05, 0) is 43.2 Å². The van der Waals surface area contributed by atoms with Gasteiger partial charge in [0.15, 0.2) is 18.3 Å². The van der Waals surface area contributed by atoms with Gasteiger partial charge < -0.3 is 84.2 Å². The van der Waals surface area contributed by atoms with Crippen LogP contribution in [0.4, 0.5) is 0 Å². The number of methoxy groups -OCH3 is 1. The maximum absolute atomic E-state index is 13.9. The van der Waals surface area contributed by atoms with Gasteiger partial charge in [0.25, 0.3) is 0 Å². The third kappa shape index (κ3) is 7.61. The average Bonchev–Trinajstić information content (AvgIpc) is 3.13. The van der Waals surface area contributed by atoms with Crippen LogP contribution in [0.2, 0.25) is 0 Å². The summed E-state index contributed by atoms with van der Waals surface area (Å²) >= 11 is 0. The van der Waals surface area contributed by atoms with Crippen molar-refractivity contribution in [3.8, 4) is 17.2 Å². The Kier molecular flexibility index (Phi) is 11.6. The first-order valence-corrected chi connectivity index (χ1v) is 16.9. The number of aliphatic hydroxyl groups is 8. The van der Waals surface area contributed by atoms with Crippen LogP contribution in [-0.2, 0) is 34.8 Å². The zero-order valence-corrected chi connectivity index (χ0v) is 28.8. The molecule has 0 spiro atoms. The number of carbonyl (C=O) groups excluding carboxylic acids is 1. The molecule has 3 fully saturated rings. The second kappa shape index (κ2) is 15.7. The van der Waals surface area contributed by atoms with Gasteiger partial charge in [0.1, 0.15) is 78.3 Å². The Bertz CT molecular complexity index is 1650. The second-order valence-corrected chi connectivity index (χ2v) is 13.5. The summed E-state index contributed by atoms with van der Waals surface area (Å²) < 4.78 is 39.4. The number of benzene rings is 2. The predicted molar refractivity (Wildman–Crippen MR) is 175 cm³/mol. The highest BCUT2D eigenvalue weighted by molar-refractivity contribution is 6.16. The Labute approximate surface area is 302 Å². The number of aromatic hydroxyl groups is 2. The van der Waals surface area contributed by atoms with Gasteiger partial charge >= 0.3 is 0 Å². The van der Waals surface area contributed by atoms with Crippen LogP contribution in [0.1, 0.15) is 35.3 Å². The number of aliphatic hydroxyl groups excluding tert-OH is 8. The number of hydrogen-bond acceptors (Lipinski definition) is 18. The van der Waals surface area contributed by atoms with Gasteiger partial charge in [-0.1, -0.05) is 12.1 Å². The third-order valence-electron chi connectivity index (χ3n) is 9.90. The molecule has 2 aromatic rings. The van der Waals surface area contributed by atoms with Crippen LogP contribution in [0, 0.1) is 0 Å². The van der Waals surface area contributed by atoms with E-state index in [4.69, 9.17) is 33.2 Å². The molecule has 3 saturated heterocycles. The maximum atomic E-state index is 13.9. The molecular weight excluding hydrogens is 708 g/mol. The summed E-state index contributed by atoms with van der Waals surface area (Å²) in [6.45, 7) is 2.30. The van der Waals surface area contributed by atoms with Crippen LogP contribution < -0.4 is 4.74 Å². The topological polar surface area (TPSA) is 284 Å². The van der Waals surface area contributed by atoms with Crippen LogP contribution >= 0.6 is 0 Å². The molecule has 0 bridgehead atoms. The van der Waals surface area contributed by atoms with E-state index in [9.17, 15) is 55.9 Å². The van der Waals surface area contributed by atoms with Crippen LogP contribution in [0.3, 0.4) is 0 Å². The quantitative estimate of drug-likeness (QED) is 0.130. The zero-order valence-electron chi connectivity index (χ0n) is 28.8. The van der Waals surface area contributed by atoms with E-state index in [0.717, 1.165) is 6.07 Å². The lowest BCUT2D eigenvalue weighted by Gasteiger charge is -2.46. The average molecular weight is 753 g/mol. The van der Waals surface area contributed by atoms with E-state index in [-0.39, 0.29) is 29.1 Å². The highest BCUT2D eigenvalue weighted by Gasteiger charge is 2.51. The van der Waals surface area contributed by atoms with Crippen LogP contribution in [-0.4, -0.2) is 163 Å². The lowest BCUT2D eigenvalue weighted by molar-refractivity contribution is -0.357. The van der Waals surface area contributed by atoms with Crippen molar-refractivity contribution in [2.45, 2.75) is 112 Å². The molecule has 3 aliphatic heterocycles. The molecular formula is C35H44O18. The minimum absolute atomic E-state index is 0.0131.